The summed E-state index contributed by atoms with van der Waals surface area (Å²) >= 11 is 0. The number of ketones is 1. The van der Waals surface area contributed by atoms with E-state index in [1.807, 2.05) is 0 Å². The zero-order valence-electron chi connectivity index (χ0n) is 6.24. The molecule has 1 aliphatic rings. The molecule has 1 N–H and O–H groups in total. The second-order valence-electron chi connectivity index (χ2n) is 2.32. The number of aliphatic hydroxyl groups excluding tert-OH is 1. The quantitative estimate of drug-likeness (QED) is 0.575. The average molecular weight is 158 g/mol. The normalized spacial score (nSPS) is 31.8. The van der Waals surface area contributed by atoms with Crippen LogP contribution < -0.4 is 0 Å². The van der Waals surface area contributed by atoms with Gasteiger partial charge in [0.25, 0.3) is 0 Å². The summed E-state index contributed by atoms with van der Waals surface area (Å²) in [6, 6.07) is 0. The molecule has 62 valence electrons. The van der Waals surface area contributed by atoms with Crippen molar-refractivity contribution in [2.45, 2.75) is 18.8 Å². The van der Waals surface area contributed by atoms with E-state index in [0.717, 1.165) is 0 Å². The number of hydrogen-bond acceptors (Lipinski definition) is 4. The van der Waals surface area contributed by atoms with E-state index < -0.39 is 12.4 Å². The molecule has 1 rings (SSSR count). The predicted molar refractivity (Wildman–Crippen MR) is 36.7 cm³/mol. The molecule has 0 amide bonds. The highest BCUT2D eigenvalue weighted by molar-refractivity contribution is 5.86. The maximum Gasteiger partial charge on any atom is 0.206 e. The van der Waals surface area contributed by atoms with Crippen LogP contribution in [0.25, 0.3) is 0 Å². The Labute approximate surface area is 64.4 Å². The van der Waals surface area contributed by atoms with Crippen LogP contribution >= 0.6 is 0 Å². The van der Waals surface area contributed by atoms with Gasteiger partial charge in [0.15, 0.2) is 11.9 Å². The van der Waals surface area contributed by atoms with E-state index in [4.69, 9.17) is 14.6 Å². The molecule has 0 bridgehead atoms. The molecule has 0 radical (unpaired) electrons. The van der Waals surface area contributed by atoms with Gasteiger partial charge in [0.2, 0.25) is 6.29 Å². The van der Waals surface area contributed by atoms with Gasteiger partial charge in [-0.3, -0.25) is 4.79 Å². The molecule has 1 aliphatic heterocycles. The number of ether oxygens (including phenoxy) is 2. The molecule has 1 heterocycles. The lowest BCUT2D eigenvalue weighted by atomic mass is 10.1. The van der Waals surface area contributed by atoms with E-state index in [-0.39, 0.29) is 18.0 Å². The van der Waals surface area contributed by atoms with E-state index in [0.29, 0.717) is 0 Å². The predicted octanol–water partition coefficient (Wildman–Crippen LogP) is -0.177. The molecule has 0 saturated carbocycles. The number of aliphatic hydroxyl groups is 1. The fourth-order valence-electron chi connectivity index (χ4n) is 0.862. The monoisotopic (exact) mass is 158 g/mol. The fraction of sp³-hybridized carbons (Fsp3) is 0.571. The van der Waals surface area contributed by atoms with Crippen molar-refractivity contribution in [1.82, 2.24) is 0 Å². The summed E-state index contributed by atoms with van der Waals surface area (Å²) in [5, 5.41) is 9.03. The molecular weight excluding hydrogens is 148 g/mol. The molecule has 0 aromatic heterocycles. The molecule has 0 aromatic carbocycles. The summed E-state index contributed by atoms with van der Waals surface area (Å²) in [4.78, 5) is 10.9. The van der Waals surface area contributed by atoms with Gasteiger partial charge in [-0.2, -0.15) is 0 Å². The van der Waals surface area contributed by atoms with Crippen molar-refractivity contribution in [3.8, 4) is 0 Å². The molecule has 0 spiro atoms. The van der Waals surface area contributed by atoms with Crippen LogP contribution in [0.15, 0.2) is 12.3 Å². The first-order valence-electron chi connectivity index (χ1n) is 3.24. The minimum absolute atomic E-state index is 0.0631. The molecule has 0 aromatic rings. The van der Waals surface area contributed by atoms with Gasteiger partial charge in [-0.05, 0) is 0 Å². The van der Waals surface area contributed by atoms with Gasteiger partial charge in [0.05, 0.1) is 6.42 Å². The Hall–Kier alpha value is -0.870. The standard InChI is InChI=1S/C7H10O4/c1-4-7(9)5(8)3-6(10-2)11-4/h6-7,9H,1,3H2,2H3/t6?,7-/m0/s1. The van der Waals surface area contributed by atoms with Crippen LogP contribution in [0, 0.1) is 0 Å². The van der Waals surface area contributed by atoms with Gasteiger partial charge in [-0.15, -0.1) is 0 Å². The Balaban J connectivity index is 2.62. The maximum absolute atomic E-state index is 10.9. The Morgan fingerprint density at radius 2 is 2.45 bits per heavy atom. The van der Waals surface area contributed by atoms with Crippen LogP contribution in [0.3, 0.4) is 0 Å². The minimum atomic E-state index is -1.18. The van der Waals surface area contributed by atoms with Crippen molar-refractivity contribution >= 4 is 5.78 Å². The van der Waals surface area contributed by atoms with Crippen molar-refractivity contribution < 1.29 is 19.4 Å². The second-order valence-corrected chi connectivity index (χ2v) is 2.32. The lowest BCUT2D eigenvalue weighted by molar-refractivity contribution is -0.160. The van der Waals surface area contributed by atoms with Gasteiger partial charge < -0.3 is 14.6 Å². The number of hydrogen-bond donors (Lipinski definition) is 1. The third-order valence-electron chi connectivity index (χ3n) is 1.52. The molecule has 1 unspecified atom stereocenters. The first-order chi connectivity index (χ1) is 5.15. The van der Waals surface area contributed by atoms with Crippen molar-refractivity contribution in [1.29, 1.82) is 0 Å². The molecule has 4 heteroatoms. The van der Waals surface area contributed by atoms with Gasteiger partial charge in [-0.1, -0.05) is 6.58 Å². The Morgan fingerprint density at radius 1 is 1.82 bits per heavy atom. The van der Waals surface area contributed by atoms with Crippen LogP contribution in [0.4, 0.5) is 0 Å². The first kappa shape index (κ1) is 8.23. The highest BCUT2D eigenvalue weighted by Gasteiger charge is 2.31. The van der Waals surface area contributed by atoms with Crippen molar-refractivity contribution in [2.75, 3.05) is 7.11 Å². The second kappa shape index (κ2) is 3.02. The Morgan fingerprint density at radius 3 is 2.91 bits per heavy atom. The van der Waals surface area contributed by atoms with Crippen LogP contribution in [0.2, 0.25) is 0 Å². The summed E-state index contributed by atoms with van der Waals surface area (Å²) in [5.41, 5.74) is 0. The third-order valence-corrected chi connectivity index (χ3v) is 1.52. The molecule has 11 heavy (non-hydrogen) atoms. The summed E-state index contributed by atoms with van der Waals surface area (Å²) in [5.74, 6) is -0.249. The smallest absolute Gasteiger partial charge is 0.206 e. The first-order valence-corrected chi connectivity index (χ1v) is 3.24. The van der Waals surface area contributed by atoms with E-state index in [9.17, 15) is 4.79 Å². The molecule has 1 fully saturated rings. The van der Waals surface area contributed by atoms with Crippen molar-refractivity contribution in [2.24, 2.45) is 0 Å². The third kappa shape index (κ3) is 1.58. The number of carbonyl (C=O) groups excluding carboxylic acids is 1. The number of Topliss-reactive ketones (excluding diaryl/α,β-unsaturated/α-hetero) is 1. The zero-order valence-corrected chi connectivity index (χ0v) is 6.24. The molecule has 2 atom stereocenters. The van der Waals surface area contributed by atoms with Crippen molar-refractivity contribution in [3.05, 3.63) is 12.3 Å². The number of rotatable bonds is 1. The van der Waals surface area contributed by atoms with E-state index in [1.165, 1.54) is 7.11 Å². The topological polar surface area (TPSA) is 55.8 Å². The number of carbonyl (C=O) groups is 1. The summed E-state index contributed by atoms with van der Waals surface area (Å²) in [6.45, 7) is 3.37. The number of methoxy groups -OCH3 is 1. The lowest BCUT2D eigenvalue weighted by Gasteiger charge is -2.26. The van der Waals surface area contributed by atoms with Crippen molar-refractivity contribution in [3.63, 3.8) is 0 Å². The van der Waals surface area contributed by atoms with Gasteiger partial charge >= 0.3 is 0 Å². The van der Waals surface area contributed by atoms with E-state index in [1.54, 1.807) is 0 Å². The van der Waals surface area contributed by atoms with Crippen LogP contribution in [0.1, 0.15) is 6.42 Å². The largest absolute Gasteiger partial charge is 0.466 e. The lowest BCUT2D eigenvalue weighted by Crippen LogP contribution is -2.36. The van der Waals surface area contributed by atoms with Crippen LogP contribution in [0.5, 0.6) is 0 Å². The van der Waals surface area contributed by atoms with Gasteiger partial charge in [0, 0.05) is 7.11 Å². The van der Waals surface area contributed by atoms with E-state index >= 15 is 0 Å². The zero-order chi connectivity index (χ0) is 8.43. The average Bonchev–Trinajstić information content (AvgIpc) is 1.99. The summed E-state index contributed by atoms with van der Waals surface area (Å²) < 4.78 is 9.70. The van der Waals surface area contributed by atoms with Crippen LogP contribution in [-0.4, -0.2) is 30.4 Å². The van der Waals surface area contributed by atoms with Gasteiger partial charge in [0.1, 0.15) is 5.76 Å². The van der Waals surface area contributed by atoms with E-state index in [2.05, 4.69) is 6.58 Å². The highest BCUT2D eigenvalue weighted by Crippen LogP contribution is 2.18. The molecule has 1 saturated heterocycles. The minimum Gasteiger partial charge on any atom is -0.466 e. The Bertz CT molecular complexity index is 169. The molecule has 0 aliphatic carbocycles. The highest BCUT2D eigenvalue weighted by atomic mass is 16.7. The summed E-state index contributed by atoms with van der Waals surface area (Å²) in [7, 11) is 1.43. The fourth-order valence-corrected chi connectivity index (χ4v) is 0.862. The summed E-state index contributed by atoms with van der Waals surface area (Å²) in [6.07, 6.45) is -1.68. The Kier molecular flexibility index (Phi) is 2.26. The molecule has 4 nitrogen and oxygen atoms in total. The SMILES string of the molecule is C=C1OC(OC)CC(=O)[C@H]1O. The molecular formula is C7H10O4. The van der Waals surface area contributed by atoms with Crippen LogP contribution in [-0.2, 0) is 14.3 Å². The van der Waals surface area contributed by atoms with Gasteiger partial charge in [-0.25, -0.2) is 0 Å². The maximum atomic E-state index is 10.9.